The molecule has 26 heavy (non-hydrogen) atoms. The summed E-state index contributed by atoms with van der Waals surface area (Å²) in [6.07, 6.45) is 8.09. The highest BCUT2D eigenvalue weighted by atomic mass is 79.9. The van der Waals surface area contributed by atoms with Crippen LogP contribution in [0.4, 0.5) is 0 Å². The molecule has 1 aromatic carbocycles. The van der Waals surface area contributed by atoms with Crippen LogP contribution in [-0.2, 0) is 11.2 Å². The lowest BCUT2D eigenvalue weighted by atomic mass is 9.49. The monoisotopic (exact) mass is 418 g/mol. The van der Waals surface area contributed by atoms with Crippen molar-refractivity contribution >= 4 is 21.8 Å². The van der Waals surface area contributed by atoms with Gasteiger partial charge in [0.1, 0.15) is 0 Å². The van der Waals surface area contributed by atoms with E-state index in [2.05, 4.69) is 70.6 Å². The van der Waals surface area contributed by atoms with Crippen molar-refractivity contribution in [1.29, 1.82) is 0 Å². The van der Waals surface area contributed by atoms with E-state index in [-0.39, 0.29) is 9.74 Å². The number of amides is 1. The second kappa shape index (κ2) is 6.94. The molecule has 4 aliphatic carbocycles. The van der Waals surface area contributed by atoms with Gasteiger partial charge in [-0.25, -0.2) is 0 Å². The van der Waals surface area contributed by atoms with E-state index >= 15 is 0 Å². The summed E-state index contributed by atoms with van der Waals surface area (Å²) < 4.78 is 0.236. The molecule has 0 saturated heterocycles. The smallest absolute Gasteiger partial charge is 0.226 e. The second-order valence-corrected chi connectivity index (χ2v) is 11.1. The maximum Gasteiger partial charge on any atom is 0.226 e. The van der Waals surface area contributed by atoms with Crippen LogP contribution in [0.2, 0.25) is 0 Å². The van der Waals surface area contributed by atoms with Gasteiger partial charge in [-0.05, 0) is 76.4 Å². The van der Waals surface area contributed by atoms with Crippen LogP contribution in [0.25, 0.3) is 0 Å². The van der Waals surface area contributed by atoms with Gasteiger partial charge in [0.25, 0.3) is 0 Å². The average molecular weight is 419 g/mol. The minimum absolute atomic E-state index is 0.114. The van der Waals surface area contributed by atoms with Crippen LogP contribution in [0.5, 0.6) is 0 Å². The van der Waals surface area contributed by atoms with Gasteiger partial charge in [-0.2, -0.15) is 0 Å². The maximum atomic E-state index is 13.3. The van der Waals surface area contributed by atoms with Crippen molar-refractivity contribution in [2.45, 2.75) is 55.3 Å². The van der Waals surface area contributed by atoms with E-state index in [1.165, 1.54) is 24.8 Å². The van der Waals surface area contributed by atoms with Crippen molar-refractivity contribution in [3.8, 4) is 0 Å². The molecule has 3 unspecified atom stereocenters. The van der Waals surface area contributed by atoms with Gasteiger partial charge >= 0.3 is 0 Å². The quantitative estimate of drug-likeness (QED) is 0.707. The van der Waals surface area contributed by atoms with Crippen LogP contribution in [-0.4, -0.2) is 41.8 Å². The molecule has 5 rings (SSSR count). The van der Waals surface area contributed by atoms with Crippen LogP contribution >= 0.6 is 15.9 Å². The molecule has 0 aromatic heterocycles. The number of alkyl halides is 1. The summed E-state index contributed by atoms with van der Waals surface area (Å²) in [5.41, 5.74) is 1.21. The van der Waals surface area contributed by atoms with Crippen molar-refractivity contribution in [3.63, 3.8) is 0 Å². The Bertz CT molecular complexity index is 645. The van der Waals surface area contributed by atoms with E-state index in [9.17, 15) is 4.79 Å². The number of halogens is 1. The van der Waals surface area contributed by atoms with Crippen molar-refractivity contribution in [3.05, 3.63) is 35.9 Å². The van der Waals surface area contributed by atoms with Gasteiger partial charge < -0.3 is 10.2 Å². The molecule has 0 aliphatic heterocycles. The Morgan fingerprint density at radius 3 is 2.42 bits per heavy atom. The van der Waals surface area contributed by atoms with E-state index in [0.29, 0.717) is 11.9 Å². The second-order valence-electron chi connectivity index (χ2n) is 9.41. The van der Waals surface area contributed by atoms with Crippen LogP contribution in [0.15, 0.2) is 30.3 Å². The fraction of sp³-hybridized carbons (Fsp3) is 0.682. The molecule has 142 valence electrons. The molecule has 0 radical (unpaired) electrons. The Morgan fingerprint density at radius 2 is 1.85 bits per heavy atom. The van der Waals surface area contributed by atoms with Crippen molar-refractivity contribution in [1.82, 2.24) is 10.2 Å². The minimum atomic E-state index is -0.114. The Labute approximate surface area is 166 Å². The topological polar surface area (TPSA) is 32.3 Å². The molecule has 4 aliphatic rings. The Morgan fingerprint density at radius 1 is 1.19 bits per heavy atom. The van der Waals surface area contributed by atoms with Gasteiger partial charge in [0.05, 0.1) is 5.41 Å². The van der Waals surface area contributed by atoms with Crippen LogP contribution in [0, 0.1) is 17.3 Å². The first-order chi connectivity index (χ1) is 12.4. The van der Waals surface area contributed by atoms with E-state index in [1.807, 2.05) is 0 Å². The molecule has 4 saturated carbocycles. The van der Waals surface area contributed by atoms with Crippen LogP contribution < -0.4 is 5.32 Å². The molecule has 3 atom stereocenters. The van der Waals surface area contributed by atoms with E-state index in [0.717, 1.165) is 44.1 Å². The molecular weight excluding hydrogens is 388 g/mol. The Kier molecular flexibility index (Phi) is 4.94. The molecule has 4 heteroatoms. The fourth-order valence-electron chi connectivity index (χ4n) is 6.14. The number of carbonyl (C=O) groups is 1. The summed E-state index contributed by atoms with van der Waals surface area (Å²) in [5, 5.41) is 3.36. The number of likely N-dealkylation sites (N-methyl/N-ethyl adjacent to an activating group) is 1. The third-order valence-electron chi connectivity index (χ3n) is 7.01. The lowest BCUT2D eigenvalue weighted by Gasteiger charge is -2.59. The Balaban J connectivity index is 1.41. The zero-order valence-corrected chi connectivity index (χ0v) is 17.6. The third-order valence-corrected chi connectivity index (χ3v) is 7.94. The van der Waals surface area contributed by atoms with E-state index < -0.39 is 0 Å². The highest BCUT2D eigenvalue weighted by Crippen LogP contribution is 2.64. The molecular formula is C22H31BrN2O. The van der Waals surface area contributed by atoms with E-state index in [4.69, 9.17) is 0 Å². The number of hydrogen-bond donors (Lipinski definition) is 1. The largest absolute Gasteiger partial charge is 0.354 e. The molecule has 1 amide bonds. The van der Waals surface area contributed by atoms with Crippen molar-refractivity contribution in [2.24, 2.45) is 17.3 Å². The molecule has 0 heterocycles. The highest BCUT2D eigenvalue weighted by molar-refractivity contribution is 9.10. The standard InChI is InChI=1S/C22H31BrN2O/c1-25(2)19(9-16-6-4-3-5-7-16)14-24-20(26)21-10-17-8-18(11-21)13-22(23,12-17)15-21/h3-7,17-19H,8-15H2,1-2H3,(H,24,26). The lowest BCUT2D eigenvalue weighted by Crippen LogP contribution is -2.59. The fourth-order valence-corrected chi connectivity index (χ4v) is 7.59. The van der Waals surface area contributed by atoms with Gasteiger partial charge in [-0.15, -0.1) is 0 Å². The average Bonchev–Trinajstić information content (AvgIpc) is 2.56. The van der Waals surface area contributed by atoms with E-state index in [1.54, 1.807) is 0 Å². The third kappa shape index (κ3) is 3.60. The molecule has 1 aromatic rings. The first-order valence-corrected chi connectivity index (χ1v) is 10.8. The summed E-state index contributed by atoms with van der Waals surface area (Å²) in [6, 6.07) is 10.9. The summed E-state index contributed by atoms with van der Waals surface area (Å²) >= 11 is 4.02. The van der Waals surface area contributed by atoms with Crippen molar-refractivity contribution in [2.75, 3.05) is 20.6 Å². The number of hydrogen-bond acceptors (Lipinski definition) is 2. The number of carbonyl (C=O) groups excluding carboxylic acids is 1. The first-order valence-electron chi connectivity index (χ1n) is 10.1. The summed E-state index contributed by atoms with van der Waals surface area (Å²) in [5.74, 6) is 1.81. The predicted molar refractivity (Wildman–Crippen MR) is 109 cm³/mol. The van der Waals surface area contributed by atoms with Crippen LogP contribution in [0.1, 0.15) is 44.1 Å². The lowest BCUT2D eigenvalue weighted by molar-refractivity contribution is -0.144. The summed E-state index contributed by atoms with van der Waals surface area (Å²) in [4.78, 5) is 15.5. The van der Waals surface area contributed by atoms with Gasteiger partial charge in [0.2, 0.25) is 5.91 Å². The van der Waals surface area contributed by atoms with Gasteiger partial charge in [-0.3, -0.25) is 4.79 Å². The maximum absolute atomic E-state index is 13.3. The Hall–Kier alpha value is -0.870. The summed E-state index contributed by atoms with van der Waals surface area (Å²) in [6.45, 7) is 0.729. The minimum Gasteiger partial charge on any atom is -0.354 e. The zero-order chi connectivity index (χ0) is 18.4. The summed E-state index contributed by atoms with van der Waals surface area (Å²) in [7, 11) is 4.22. The molecule has 3 nitrogen and oxygen atoms in total. The predicted octanol–water partition coefficient (Wildman–Crippen LogP) is 4.01. The van der Waals surface area contributed by atoms with Crippen molar-refractivity contribution < 1.29 is 4.79 Å². The zero-order valence-electron chi connectivity index (χ0n) is 16.0. The normalized spacial score (nSPS) is 36.3. The number of rotatable bonds is 6. The van der Waals surface area contributed by atoms with Crippen LogP contribution in [0.3, 0.4) is 0 Å². The molecule has 4 fully saturated rings. The number of nitrogens with one attached hydrogen (secondary N) is 1. The number of nitrogens with zero attached hydrogens (tertiary/aromatic N) is 1. The highest BCUT2D eigenvalue weighted by Gasteiger charge is 2.59. The SMILES string of the molecule is CN(C)C(CNC(=O)C12CC3CC(CC(Br)(C3)C1)C2)Cc1ccccc1. The molecule has 0 spiro atoms. The van der Waals surface area contributed by atoms with Gasteiger partial charge in [0.15, 0.2) is 0 Å². The molecule has 4 bridgehead atoms. The first kappa shape index (κ1) is 18.5. The van der Waals surface area contributed by atoms with Gasteiger partial charge in [-0.1, -0.05) is 46.3 Å². The number of benzene rings is 1. The van der Waals surface area contributed by atoms with Gasteiger partial charge in [0, 0.05) is 16.9 Å². The molecule has 1 N–H and O–H groups in total.